The third-order valence-electron chi connectivity index (χ3n) is 11.1. The lowest BCUT2D eigenvalue weighted by atomic mass is 9.73. The summed E-state index contributed by atoms with van der Waals surface area (Å²) in [6.07, 6.45) is 6.79. The van der Waals surface area contributed by atoms with Crippen LogP contribution >= 0.6 is 11.3 Å². The highest BCUT2D eigenvalue weighted by Crippen LogP contribution is 2.44. The van der Waals surface area contributed by atoms with Gasteiger partial charge in [0, 0.05) is 17.0 Å². The fourth-order valence-corrected chi connectivity index (χ4v) is 9.35. The Balaban J connectivity index is 1.03. The van der Waals surface area contributed by atoms with Crippen LogP contribution in [-0.4, -0.2) is 58.9 Å². The maximum Gasteiger partial charge on any atom is 0.245 e. The van der Waals surface area contributed by atoms with Gasteiger partial charge in [-0.05, 0) is 108 Å². The van der Waals surface area contributed by atoms with Crippen LogP contribution in [0.2, 0.25) is 0 Å². The minimum absolute atomic E-state index is 0.00947. The fourth-order valence-electron chi connectivity index (χ4n) is 8.34. The number of benzene rings is 4. The number of carbonyl (C=O) groups excluding carboxylic acids is 3. The van der Waals surface area contributed by atoms with Crippen molar-refractivity contribution >= 4 is 57.6 Å². The van der Waals surface area contributed by atoms with E-state index >= 15 is 0 Å². The van der Waals surface area contributed by atoms with Gasteiger partial charge in [-0.2, -0.15) is 0 Å². The molecule has 0 spiro atoms. The van der Waals surface area contributed by atoms with Crippen LogP contribution in [0.25, 0.3) is 45.0 Å². The Bertz CT molecular complexity index is 2680. The zero-order valence-corrected chi connectivity index (χ0v) is 33.3. The van der Waals surface area contributed by atoms with Crippen molar-refractivity contribution in [2.24, 2.45) is 5.92 Å². The van der Waals surface area contributed by atoms with E-state index in [-0.39, 0.29) is 30.7 Å². The summed E-state index contributed by atoms with van der Waals surface area (Å²) in [6, 6.07) is 27.2. The Labute approximate surface area is 339 Å². The standard InChI is InChI=1S/C46H40N6O5S/c1-5-56-30-15-11-28(12-16-30)41-42(29-13-17-31(18-14-29)57-6-2)58-45(50-41)49-40(54)24-51-26-52(44-38(51)23-47-25-48-44)46(4)37-20-19-33-32-9-7-8-10-34(32)39(53)22-35(33)36(37)21-27(3)43(46)55/h7-23,25,27H,5-6,24,26H2,1-4H3,(H,49,50,54). The average Bonchev–Trinajstić information content (AvgIpc) is 3.83. The van der Waals surface area contributed by atoms with E-state index in [1.807, 2.05) is 128 Å². The quantitative estimate of drug-likeness (QED) is 0.158. The first-order valence-corrected chi connectivity index (χ1v) is 20.1. The van der Waals surface area contributed by atoms with Crippen LogP contribution in [-0.2, 0) is 15.1 Å². The molecule has 12 heteroatoms. The van der Waals surface area contributed by atoms with Gasteiger partial charge in [0.15, 0.2) is 22.5 Å². The number of hydrogen-bond donors (Lipinski definition) is 1. The van der Waals surface area contributed by atoms with E-state index in [0.717, 1.165) is 60.3 Å². The first-order chi connectivity index (χ1) is 28.2. The number of hydrogen-bond acceptors (Lipinski definition) is 11. The minimum Gasteiger partial charge on any atom is -0.494 e. The molecule has 3 heterocycles. The van der Waals surface area contributed by atoms with Gasteiger partial charge in [0.25, 0.3) is 0 Å². The van der Waals surface area contributed by atoms with Crippen LogP contribution < -0.4 is 35.0 Å². The van der Waals surface area contributed by atoms with Gasteiger partial charge in [0.1, 0.15) is 29.1 Å². The number of ether oxygens (including phenoxy) is 2. The first-order valence-electron chi connectivity index (χ1n) is 19.3. The van der Waals surface area contributed by atoms with Crippen molar-refractivity contribution in [3.63, 3.8) is 0 Å². The van der Waals surface area contributed by atoms with Gasteiger partial charge in [-0.1, -0.05) is 60.7 Å². The van der Waals surface area contributed by atoms with Crippen LogP contribution in [0.5, 0.6) is 11.5 Å². The first kappa shape index (κ1) is 36.9. The molecular formula is C46H40N6O5S. The third kappa shape index (κ3) is 6.20. The summed E-state index contributed by atoms with van der Waals surface area (Å²) < 4.78 is 11.4. The Morgan fingerprint density at radius 1 is 0.879 bits per heavy atom. The number of anilines is 3. The van der Waals surface area contributed by atoms with Crippen molar-refractivity contribution in [3.8, 4) is 44.3 Å². The largest absolute Gasteiger partial charge is 0.494 e. The zero-order chi connectivity index (χ0) is 40.1. The van der Waals surface area contributed by atoms with Gasteiger partial charge in [-0.25, -0.2) is 15.0 Å². The van der Waals surface area contributed by atoms with Crippen LogP contribution in [0.3, 0.4) is 0 Å². The van der Waals surface area contributed by atoms with Crippen molar-refractivity contribution in [1.82, 2.24) is 15.0 Å². The van der Waals surface area contributed by atoms with Crippen LogP contribution in [0, 0.1) is 5.92 Å². The summed E-state index contributed by atoms with van der Waals surface area (Å²) in [4.78, 5) is 60.5. The lowest BCUT2D eigenvalue weighted by molar-refractivity contribution is -0.126. The van der Waals surface area contributed by atoms with Gasteiger partial charge < -0.3 is 24.6 Å². The molecule has 2 unspecified atom stereocenters. The van der Waals surface area contributed by atoms with Crippen molar-refractivity contribution in [1.29, 1.82) is 0 Å². The van der Waals surface area contributed by atoms with Gasteiger partial charge in [0.05, 0.1) is 43.2 Å². The Kier molecular flexibility index (Phi) is 9.36. The molecule has 290 valence electrons. The lowest BCUT2D eigenvalue weighted by Gasteiger charge is -2.42. The summed E-state index contributed by atoms with van der Waals surface area (Å²) in [6.45, 7) is 8.98. The number of carbonyl (C=O) groups is 3. The molecule has 9 rings (SSSR count). The number of rotatable bonds is 10. The van der Waals surface area contributed by atoms with Crippen LogP contribution in [0.4, 0.5) is 16.6 Å². The molecule has 2 aliphatic carbocycles. The Morgan fingerprint density at radius 2 is 1.57 bits per heavy atom. The summed E-state index contributed by atoms with van der Waals surface area (Å²) in [7, 11) is 0. The number of nitrogens with zero attached hydrogens (tertiary/aromatic N) is 5. The number of fused-ring (bicyclic) bond motifs is 6. The highest BCUT2D eigenvalue weighted by molar-refractivity contribution is 7.19. The molecule has 58 heavy (non-hydrogen) atoms. The SMILES string of the molecule is CCOc1ccc(-c2nc(NC(=O)CN3CN(C4(C)C(=O)C(C)C=c5c4ccc4c5=CC(=O)c5ccccc5-4)c4ncncc43)sc2-c2ccc(OCC)cc2)cc1. The summed E-state index contributed by atoms with van der Waals surface area (Å²) in [5, 5.41) is 5.17. The van der Waals surface area contributed by atoms with Crippen LogP contribution in [0.15, 0.2) is 97.5 Å². The molecule has 0 radical (unpaired) electrons. The maximum absolute atomic E-state index is 14.5. The predicted molar refractivity (Wildman–Crippen MR) is 227 cm³/mol. The molecule has 2 atom stereocenters. The van der Waals surface area contributed by atoms with E-state index in [9.17, 15) is 14.4 Å². The number of amides is 1. The lowest BCUT2D eigenvalue weighted by Crippen LogP contribution is -2.59. The molecule has 0 bridgehead atoms. The van der Waals surface area contributed by atoms with Crippen molar-refractivity contribution < 1.29 is 23.9 Å². The molecule has 1 amide bonds. The molecular weight excluding hydrogens is 749 g/mol. The van der Waals surface area contributed by atoms with Gasteiger partial charge >= 0.3 is 0 Å². The third-order valence-corrected chi connectivity index (χ3v) is 12.1. The Hall–Kier alpha value is -6.66. The smallest absolute Gasteiger partial charge is 0.245 e. The van der Waals surface area contributed by atoms with Crippen molar-refractivity contribution in [2.45, 2.75) is 33.2 Å². The van der Waals surface area contributed by atoms with Gasteiger partial charge in [-0.15, -0.1) is 0 Å². The Morgan fingerprint density at radius 3 is 2.28 bits per heavy atom. The van der Waals surface area contributed by atoms with Crippen molar-refractivity contribution in [3.05, 3.63) is 119 Å². The van der Waals surface area contributed by atoms with Crippen molar-refractivity contribution in [2.75, 3.05) is 41.5 Å². The second kappa shape index (κ2) is 14.7. The number of Topliss-reactive ketones (excluding diaryl/α,β-unsaturated/α-hetero) is 2. The molecule has 0 saturated heterocycles. The molecule has 2 aromatic heterocycles. The van der Waals surface area contributed by atoms with Crippen LogP contribution in [0.1, 0.15) is 43.6 Å². The summed E-state index contributed by atoms with van der Waals surface area (Å²) >= 11 is 1.39. The molecule has 1 N–H and O–H groups in total. The normalized spacial score (nSPS) is 17.7. The highest BCUT2D eigenvalue weighted by Gasteiger charge is 2.50. The second-order valence-corrected chi connectivity index (χ2v) is 15.6. The molecule has 6 aromatic rings. The molecule has 4 aromatic carbocycles. The fraction of sp³-hybridized carbons (Fsp3) is 0.217. The molecule has 3 aliphatic rings. The number of nitrogens with one attached hydrogen (secondary N) is 1. The van der Waals surface area contributed by atoms with Gasteiger partial charge in [-0.3, -0.25) is 14.4 Å². The van der Waals surface area contributed by atoms with E-state index in [2.05, 4.69) is 15.3 Å². The maximum atomic E-state index is 14.5. The van der Waals surface area contributed by atoms with E-state index in [0.29, 0.717) is 35.4 Å². The summed E-state index contributed by atoms with van der Waals surface area (Å²) in [5.74, 6) is 1.27. The van der Waals surface area contributed by atoms with E-state index in [1.165, 1.54) is 17.7 Å². The molecule has 0 fully saturated rings. The van der Waals surface area contributed by atoms with E-state index < -0.39 is 11.5 Å². The average molecular weight is 789 g/mol. The van der Waals surface area contributed by atoms with E-state index in [4.69, 9.17) is 14.5 Å². The zero-order valence-electron chi connectivity index (χ0n) is 32.5. The molecule has 0 saturated carbocycles. The summed E-state index contributed by atoms with van der Waals surface area (Å²) in [5.41, 5.74) is 5.29. The highest BCUT2D eigenvalue weighted by atomic mass is 32.1. The minimum atomic E-state index is -1.17. The molecule has 11 nitrogen and oxygen atoms in total. The monoisotopic (exact) mass is 788 g/mol. The number of thiazole rings is 1. The molecule has 1 aliphatic heterocycles. The van der Waals surface area contributed by atoms with Gasteiger partial charge in [0.2, 0.25) is 5.91 Å². The predicted octanol–water partition coefficient (Wildman–Crippen LogP) is 6.85. The number of ketones is 2. The topological polar surface area (TPSA) is 127 Å². The number of aromatic nitrogens is 3. The second-order valence-electron chi connectivity index (χ2n) is 14.6. The van der Waals surface area contributed by atoms with E-state index in [1.54, 1.807) is 12.3 Å².